The van der Waals surface area contributed by atoms with E-state index in [4.69, 9.17) is 0 Å². The predicted molar refractivity (Wildman–Crippen MR) is 103 cm³/mol. The number of aromatic nitrogens is 6. The number of carbonyl (C=O) groups excluding carboxylic acids is 1. The van der Waals surface area contributed by atoms with Crippen LogP contribution in [0, 0.1) is 5.82 Å². The van der Waals surface area contributed by atoms with Gasteiger partial charge >= 0.3 is 0 Å². The first-order valence-electron chi connectivity index (χ1n) is 8.82. The molecule has 0 unspecified atom stereocenters. The molecule has 9 nitrogen and oxygen atoms in total. The third-order valence-corrected chi connectivity index (χ3v) is 4.52. The minimum Gasteiger partial charge on any atom is -0.320 e. The second kappa shape index (κ2) is 6.51. The van der Waals surface area contributed by atoms with Gasteiger partial charge < -0.3 is 5.32 Å². The summed E-state index contributed by atoms with van der Waals surface area (Å²) in [5, 5.41) is 7.17. The number of aryl methyl sites for hydroxylation is 1. The molecule has 1 N–H and O–H groups in total. The van der Waals surface area contributed by atoms with E-state index in [0.717, 1.165) is 5.56 Å². The maximum Gasteiger partial charge on any atom is 0.244 e. The zero-order valence-corrected chi connectivity index (χ0v) is 15.3. The maximum absolute atomic E-state index is 13.3. The zero-order valence-electron chi connectivity index (χ0n) is 15.3. The summed E-state index contributed by atoms with van der Waals surface area (Å²) in [7, 11) is 1.81. The molecule has 1 aliphatic heterocycles. The van der Waals surface area contributed by atoms with Crippen molar-refractivity contribution in [3.63, 3.8) is 0 Å². The first-order chi connectivity index (χ1) is 14.1. The molecule has 0 atom stereocenters. The summed E-state index contributed by atoms with van der Waals surface area (Å²) < 4.78 is 16.6. The maximum atomic E-state index is 13.3. The van der Waals surface area contributed by atoms with E-state index in [1.165, 1.54) is 12.1 Å². The molecule has 29 heavy (non-hydrogen) atoms. The lowest BCUT2D eigenvalue weighted by molar-refractivity contribution is -0.115. The molecule has 0 fully saturated rings. The van der Waals surface area contributed by atoms with Crippen LogP contribution < -0.4 is 10.2 Å². The Morgan fingerprint density at radius 1 is 1.10 bits per heavy atom. The molecule has 0 saturated heterocycles. The molecule has 5 rings (SSSR count). The lowest BCUT2D eigenvalue weighted by Crippen LogP contribution is -2.36. The topological polar surface area (TPSA) is 93.8 Å². The van der Waals surface area contributed by atoms with Crippen molar-refractivity contribution in [1.82, 2.24) is 29.3 Å². The van der Waals surface area contributed by atoms with Gasteiger partial charge in [0.1, 0.15) is 23.9 Å². The molecule has 4 aromatic rings. The van der Waals surface area contributed by atoms with E-state index < -0.39 is 0 Å². The smallest absolute Gasteiger partial charge is 0.244 e. The number of hydrogen-bond acceptors (Lipinski definition) is 6. The van der Waals surface area contributed by atoms with E-state index in [2.05, 4.69) is 25.4 Å². The van der Waals surface area contributed by atoms with Crippen molar-refractivity contribution < 1.29 is 9.18 Å². The van der Waals surface area contributed by atoms with Crippen molar-refractivity contribution in [1.29, 1.82) is 0 Å². The summed E-state index contributed by atoms with van der Waals surface area (Å²) in [6.07, 6.45) is 6.71. The van der Waals surface area contributed by atoms with Crippen LogP contribution >= 0.6 is 0 Å². The monoisotopic (exact) mass is 390 g/mol. The number of imidazole rings is 1. The molecule has 4 heterocycles. The normalized spacial score (nSPS) is 13.3. The molecule has 0 saturated carbocycles. The number of amides is 1. The van der Waals surface area contributed by atoms with Crippen molar-refractivity contribution in [3.8, 4) is 17.3 Å². The lowest BCUT2D eigenvalue weighted by Gasteiger charge is -2.27. The van der Waals surface area contributed by atoms with E-state index in [-0.39, 0.29) is 18.3 Å². The summed E-state index contributed by atoms with van der Waals surface area (Å²) in [5.74, 6) is 1.60. The van der Waals surface area contributed by atoms with E-state index >= 15 is 0 Å². The molecule has 1 aliphatic rings. The van der Waals surface area contributed by atoms with Crippen LogP contribution in [0.25, 0.3) is 17.3 Å². The summed E-state index contributed by atoms with van der Waals surface area (Å²) in [5.41, 5.74) is 1.23. The van der Waals surface area contributed by atoms with Gasteiger partial charge in [-0.2, -0.15) is 10.1 Å². The van der Waals surface area contributed by atoms with Crippen molar-refractivity contribution in [2.45, 2.75) is 0 Å². The largest absolute Gasteiger partial charge is 0.320 e. The average Bonchev–Trinajstić information content (AvgIpc) is 3.37. The highest BCUT2D eigenvalue weighted by molar-refractivity contribution is 6.01. The number of nitrogens with one attached hydrogen (secondary N) is 1. The molecule has 1 aromatic carbocycles. The second-order valence-electron chi connectivity index (χ2n) is 6.52. The number of fused-ring (bicyclic) bond motifs is 1. The molecular weight excluding hydrogens is 375 g/mol. The summed E-state index contributed by atoms with van der Waals surface area (Å²) in [6.45, 7) is 0.0925. The lowest BCUT2D eigenvalue weighted by atomic mass is 10.2. The van der Waals surface area contributed by atoms with Crippen LogP contribution in [0.4, 0.5) is 21.7 Å². The molecule has 3 aromatic heterocycles. The van der Waals surface area contributed by atoms with Gasteiger partial charge in [-0.3, -0.25) is 18.9 Å². The molecule has 0 radical (unpaired) electrons. The minimum atomic E-state index is -0.321. The number of hydrogen-bond donors (Lipinski definition) is 1. The molecule has 1 amide bonds. The van der Waals surface area contributed by atoms with Gasteiger partial charge in [-0.15, -0.1) is 0 Å². The van der Waals surface area contributed by atoms with Crippen molar-refractivity contribution in [3.05, 3.63) is 60.9 Å². The minimum absolute atomic E-state index is 0.0925. The van der Waals surface area contributed by atoms with Crippen LogP contribution in [0.3, 0.4) is 0 Å². The second-order valence-corrected chi connectivity index (χ2v) is 6.52. The molecule has 0 spiro atoms. The molecule has 10 heteroatoms. The third kappa shape index (κ3) is 3.00. The van der Waals surface area contributed by atoms with Gasteiger partial charge in [-0.25, -0.2) is 14.4 Å². The molecule has 0 bridgehead atoms. The van der Waals surface area contributed by atoms with E-state index in [1.807, 2.05) is 6.07 Å². The Kier molecular flexibility index (Phi) is 3.83. The van der Waals surface area contributed by atoms with Crippen LogP contribution in [0.15, 0.2) is 55.1 Å². The summed E-state index contributed by atoms with van der Waals surface area (Å²) >= 11 is 0. The summed E-state index contributed by atoms with van der Waals surface area (Å²) in [4.78, 5) is 27.2. The Balaban J connectivity index is 1.60. The number of halogens is 1. The standard InChI is InChI=1S/C19H15FN8O/c1-26-8-6-15(25-26)28-11-16(29)23-14-10-22-19(24-18(14)28)27-9-7-21-17(27)12-2-4-13(20)5-3-12/h2-10H,11H2,1H3,(H,23,29). The highest BCUT2D eigenvalue weighted by Gasteiger charge is 2.27. The van der Waals surface area contributed by atoms with Gasteiger partial charge in [0.25, 0.3) is 0 Å². The van der Waals surface area contributed by atoms with Gasteiger partial charge in [0.15, 0.2) is 11.6 Å². The Morgan fingerprint density at radius 3 is 2.69 bits per heavy atom. The first kappa shape index (κ1) is 17.0. The number of benzene rings is 1. The van der Waals surface area contributed by atoms with Gasteiger partial charge in [0.05, 0.1) is 6.20 Å². The van der Waals surface area contributed by atoms with E-state index in [1.54, 1.807) is 58.1 Å². The van der Waals surface area contributed by atoms with Crippen molar-refractivity contribution in [2.24, 2.45) is 7.05 Å². The molecular formula is C19H15FN8O. The third-order valence-electron chi connectivity index (χ3n) is 4.52. The van der Waals surface area contributed by atoms with Crippen molar-refractivity contribution in [2.75, 3.05) is 16.8 Å². The van der Waals surface area contributed by atoms with Gasteiger partial charge in [0, 0.05) is 37.3 Å². The fourth-order valence-electron chi connectivity index (χ4n) is 3.20. The highest BCUT2D eigenvalue weighted by Crippen LogP contribution is 2.32. The van der Waals surface area contributed by atoms with Gasteiger partial charge in [-0.1, -0.05) is 0 Å². The zero-order chi connectivity index (χ0) is 20.0. The quantitative estimate of drug-likeness (QED) is 0.577. The fourth-order valence-corrected chi connectivity index (χ4v) is 3.20. The highest BCUT2D eigenvalue weighted by atomic mass is 19.1. The first-order valence-corrected chi connectivity index (χ1v) is 8.82. The Morgan fingerprint density at radius 2 is 1.93 bits per heavy atom. The number of anilines is 3. The van der Waals surface area contributed by atoms with Crippen molar-refractivity contribution >= 4 is 23.2 Å². The van der Waals surface area contributed by atoms with E-state index in [9.17, 15) is 9.18 Å². The van der Waals surface area contributed by atoms with Gasteiger partial charge in [-0.05, 0) is 24.3 Å². The van der Waals surface area contributed by atoms with Crippen LogP contribution in [0.5, 0.6) is 0 Å². The van der Waals surface area contributed by atoms with Crippen LogP contribution in [-0.2, 0) is 11.8 Å². The van der Waals surface area contributed by atoms with Crippen LogP contribution in [0.1, 0.15) is 0 Å². The SMILES string of the molecule is Cn1ccc(N2CC(=O)Nc3cnc(-n4ccnc4-c4ccc(F)cc4)nc32)n1. The molecule has 144 valence electrons. The molecule has 0 aliphatic carbocycles. The number of nitrogens with zero attached hydrogens (tertiary/aromatic N) is 7. The Hall–Kier alpha value is -4.08. The van der Waals surface area contributed by atoms with Crippen LogP contribution in [0.2, 0.25) is 0 Å². The number of rotatable bonds is 3. The number of carbonyl (C=O) groups is 1. The van der Waals surface area contributed by atoms with Gasteiger partial charge in [0.2, 0.25) is 11.9 Å². The van der Waals surface area contributed by atoms with Crippen LogP contribution in [-0.4, -0.2) is 41.8 Å². The predicted octanol–water partition coefficient (Wildman–Crippen LogP) is 2.29. The Bertz CT molecular complexity index is 1210. The summed E-state index contributed by atoms with van der Waals surface area (Å²) in [6, 6.07) is 7.85. The fraction of sp³-hybridized carbons (Fsp3) is 0.105. The Labute approximate surface area is 164 Å². The average molecular weight is 390 g/mol. The van der Waals surface area contributed by atoms with E-state index in [0.29, 0.717) is 29.1 Å².